The zero-order valence-electron chi connectivity index (χ0n) is 11.2. The predicted molar refractivity (Wildman–Crippen MR) is 73.7 cm³/mol. The smallest absolute Gasteiger partial charge is 0.123 e. The molecule has 1 atom stereocenters. The van der Waals surface area contributed by atoms with Crippen LogP contribution in [0.4, 0.5) is 10.1 Å². The van der Waals surface area contributed by atoms with Crippen molar-refractivity contribution in [3.8, 4) is 0 Å². The summed E-state index contributed by atoms with van der Waals surface area (Å²) >= 11 is 0. The second-order valence-electron chi connectivity index (χ2n) is 5.38. The van der Waals surface area contributed by atoms with Crippen molar-refractivity contribution in [3.05, 3.63) is 47.5 Å². The highest BCUT2D eigenvalue weighted by molar-refractivity contribution is 5.45. The van der Waals surface area contributed by atoms with Gasteiger partial charge < -0.3 is 5.32 Å². The van der Waals surface area contributed by atoms with Crippen molar-refractivity contribution >= 4 is 5.69 Å². The lowest BCUT2D eigenvalue weighted by Gasteiger charge is -2.13. The zero-order valence-corrected chi connectivity index (χ0v) is 11.2. The maximum absolute atomic E-state index is 13.2. The third kappa shape index (κ3) is 2.35. The van der Waals surface area contributed by atoms with Crippen LogP contribution in [0.3, 0.4) is 0 Å². The number of rotatable bonds is 3. The van der Waals surface area contributed by atoms with Crippen molar-refractivity contribution in [3.63, 3.8) is 0 Å². The molecule has 0 bridgehead atoms. The average Bonchev–Trinajstić information content (AvgIpc) is 2.97. The highest BCUT2D eigenvalue weighted by Gasteiger charge is 2.22. The van der Waals surface area contributed by atoms with Crippen LogP contribution in [0.25, 0.3) is 0 Å². The topological polar surface area (TPSA) is 29.9 Å². The van der Waals surface area contributed by atoms with Gasteiger partial charge in [-0.15, -0.1) is 0 Å². The van der Waals surface area contributed by atoms with E-state index < -0.39 is 0 Å². The lowest BCUT2D eigenvalue weighted by molar-refractivity contribution is 0.532. The largest absolute Gasteiger partial charge is 0.376 e. The van der Waals surface area contributed by atoms with Crippen LogP contribution in [0.15, 0.2) is 30.6 Å². The van der Waals surface area contributed by atoms with Crippen LogP contribution in [-0.4, -0.2) is 9.78 Å². The molecule has 1 aliphatic rings. The Balaban J connectivity index is 1.78. The average molecular weight is 259 g/mol. The molecule has 0 saturated heterocycles. The molecule has 4 heteroatoms. The summed E-state index contributed by atoms with van der Waals surface area (Å²) in [6.07, 6.45) is 5.81. The molecular formula is C15H18FN3. The minimum atomic E-state index is -0.146. The number of fused-ring (bicyclic) bond motifs is 1. The van der Waals surface area contributed by atoms with E-state index in [1.165, 1.54) is 11.6 Å². The number of aromatic nitrogens is 2. The number of anilines is 1. The number of benzene rings is 1. The van der Waals surface area contributed by atoms with Crippen LogP contribution in [0, 0.1) is 5.82 Å². The van der Waals surface area contributed by atoms with Crippen LogP contribution in [0.5, 0.6) is 0 Å². The highest BCUT2D eigenvalue weighted by Crippen LogP contribution is 2.34. The molecule has 0 fully saturated rings. The maximum atomic E-state index is 13.2. The molecule has 1 heterocycles. The van der Waals surface area contributed by atoms with Crippen LogP contribution >= 0.6 is 0 Å². The summed E-state index contributed by atoms with van der Waals surface area (Å²) < 4.78 is 15.1. The van der Waals surface area contributed by atoms with Crippen LogP contribution in [0.2, 0.25) is 0 Å². The van der Waals surface area contributed by atoms with E-state index >= 15 is 0 Å². The Labute approximate surface area is 112 Å². The van der Waals surface area contributed by atoms with E-state index in [0.717, 1.165) is 24.1 Å². The zero-order chi connectivity index (χ0) is 13.4. The molecule has 0 aliphatic heterocycles. The lowest BCUT2D eigenvalue weighted by atomic mass is 10.1. The van der Waals surface area contributed by atoms with E-state index in [1.54, 1.807) is 6.07 Å². The van der Waals surface area contributed by atoms with E-state index in [9.17, 15) is 4.39 Å². The highest BCUT2D eigenvalue weighted by atomic mass is 19.1. The molecule has 1 aromatic carbocycles. The standard InChI is InChI=1S/C15H18FN3/c1-10(2)19-9-13(8-17-19)18-15-6-3-11-7-12(16)4-5-14(11)15/h4-5,7-10,15,18H,3,6H2,1-2H3. The van der Waals surface area contributed by atoms with Crippen molar-refractivity contribution in [2.24, 2.45) is 0 Å². The Morgan fingerprint density at radius 3 is 3.00 bits per heavy atom. The molecule has 0 spiro atoms. The first kappa shape index (κ1) is 12.2. The van der Waals surface area contributed by atoms with Gasteiger partial charge in [-0.25, -0.2) is 4.39 Å². The summed E-state index contributed by atoms with van der Waals surface area (Å²) in [5.41, 5.74) is 3.35. The number of hydrogen-bond donors (Lipinski definition) is 1. The van der Waals surface area contributed by atoms with Gasteiger partial charge in [-0.3, -0.25) is 4.68 Å². The summed E-state index contributed by atoms with van der Waals surface area (Å²) in [5.74, 6) is -0.146. The molecular weight excluding hydrogens is 241 g/mol. The predicted octanol–water partition coefficient (Wildman–Crippen LogP) is 3.70. The van der Waals surface area contributed by atoms with Gasteiger partial charge in [-0.05, 0) is 49.9 Å². The molecule has 1 unspecified atom stereocenters. The van der Waals surface area contributed by atoms with Crippen LogP contribution in [0.1, 0.15) is 43.5 Å². The number of hydrogen-bond acceptors (Lipinski definition) is 2. The van der Waals surface area contributed by atoms with E-state index in [4.69, 9.17) is 0 Å². The van der Waals surface area contributed by atoms with E-state index in [0.29, 0.717) is 6.04 Å². The van der Waals surface area contributed by atoms with Crippen molar-refractivity contribution < 1.29 is 4.39 Å². The van der Waals surface area contributed by atoms with Crippen LogP contribution in [-0.2, 0) is 6.42 Å². The monoisotopic (exact) mass is 259 g/mol. The molecule has 0 amide bonds. The van der Waals surface area contributed by atoms with Crippen molar-refractivity contribution in [2.75, 3.05) is 5.32 Å². The molecule has 1 aliphatic carbocycles. The summed E-state index contributed by atoms with van der Waals surface area (Å²) in [6, 6.07) is 5.70. The minimum Gasteiger partial charge on any atom is -0.376 e. The van der Waals surface area contributed by atoms with Crippen molar-refractivity contribution in [1.82, 2.24) is 9.78 Å². The summed E-state index contributed by atoms with van der Waals surface area (Å²) in [5, 5.41) is 7.81. The summed E-state index contributed by atoms with van der Waals surface area (Å²) in [6.45, 7) is 4.20. The Morgan fingerprint density at radius 1 is 1.42 bits per heavy atom. The quantitative estimate of drug-likeness (QED) is 0.910. The minimum absolute atomic E-state index is 0.146. The molecule has 19 heavy (non-hydrogen) atoms. The second-order valence-corrected chi connectivity index (χ2v) is 5.38. The van der Waals surface area contributed by atoms with Gasteiger partial charge >= 0.3 is 0 Å². The Kier molecular flexibility index (Phi) is 3.01. The van der Waals surface area contributed by atoms with Gasteiger partial charge in [0.25, 0.3) is 0 Å². The first-order valence-electron chi connectivity index (χ1n) is 6.72. The fourth-order valence-electron chi connectivity index (χ4n) is 2.63. The van der Waals surface area contributed by atoms with Crippen LogP contribution < -0.4 is 5.32 Å². The van der Waals surface area contributed by atoms with Crippen molar-refractivity contribution in [2.45, 2.75) is 38.8 Å². The molecule has 0 radical (unpaired) electrons. The molecule has 1 aromatic heterocycles. The number of nitrogens with one attached hydrogen (secondary N) is 1. The Morgan fingerprint density at radius 2 is 2.26 bits per heavy atom. The van der Waals surface area contributed by atoms with Gasteiger partial charge in [-0.1, -0.05) is 6.07 Å². The molecule has 3 rings (SSSR count). The van der Waals surface area contributed by atoms with Gasteiger partial charge in [0.2, 0.25) is 0 Å². The maximum Gasteiger partial charge on any atom is 0.123 e. The fraction of sp³-hybridized carbons (Fsp3) is 0.400. The number of nitrogens with zero attached hydrogens (tertiary/aromatic N) is 2. The molecule has 2 aromatic rings. The number of aryl methyl sites for hydroxylation is 1. The third-order valence-electron chi connectivity index (χ3n) is 3.65. The first-order valence-corrected chi connectivity index (χ1v) is 6.72. The molecule has 0 saturated carbocycles. The third-order valence-corrected chi connectivity index (χ3v) is 3.65. The number of halogens is 1. The first-order chi connectivity index (χ1) is 9.13. The summed E-state index contributed by atoms with van der Waals surface area (Å²) in [4.78, 5) is 0. The SMILES string of the molecule is CC(C)n1cc(NC2CCc3cc(F)ccc32)cn1. The molecule has 3 nitrogen and oxygen atoms in total. The molecule has 100 valence electrons. The van der Waals surface area contributed by atoms with Gasteiger partial charge in [0.1, 0.15) is 5.82 Å². The van der Waals surface area contributed by atoms with Gasteiger partial charge in [-0.2, -0.15) is 5.10 Å². The van der Waals surface area contributed by atoms with Gasteiger partial charge in [0, 0.05) is 12.2 Å². The fourth-order valence-corrected chi connectivity index (χ4v) is 2.63. The Bertz CT molecular complexity index is 589. The Hall–Kier alpha value is -1.84. The van der Waals surface area contributed by atoms with Gasteiger partial charge in [0.15, 0.2) is 0 Å². The summed E-state index contributed by atoms with van der Waals surface area (Å²) in [7, 11) is 0. The van der Waals surface area contributed by atoms with E-state index in [1.807, 2.05) is 23.1 Å². The molecule has 1 N–H and O–H groups in total. The lowest BCUT2D eigenvalue weighted by Crippen LogP contribution is -2.06. The van der Waals surface area contributed by atoms with Gasteiger partial charge in [0.05, 0.1) is 17.9 Å². The van der Waals surface area contributed by atoms with E-state index in [-0.39, 0.29) is 11.9 Å². The van der Waals surface area contributed by atoms with Crippen molar-refractivity contribution in [1.29, 1.82) is 0 Å². The second kappa shape index (κ2) is 4.68. The normalized spacial score (nSPS) is 17.8. The van der Waals surface area contributed by atoms with E-state index in [2.05, 4.69) is 24.3 Å².